The highest BCUT2D eigenvalue weighted by atomic mass is 32.2. The molecule has 1 aromatic carbocycles. The van der Waals surface area contributed by atoms with Gasteiger partial charge in [-0.25, -0.2) is 4.79 Å². The molecule has 7 heteroatoms. The van der Waals surface area contributed by atoms with E-state index in [1.165, 1.54) is 30.6 Å². The number of fused-ring (bicyclic) bond motifs is 1. The largest absolute Gasteiger partial charge is 0.480 e. The zero-order valence-electron chi connectivity index (χ0n) is 11.8. The van der Waals surface area contributed by atoms with Gasteiger partial charge in [0, 0.05) is 11.9 Å². The van der Waals surface area contributed by atoms with Crippen molar-refractivity contribution in [3.63, 3.8) is 0 Å². The minimum absolute atomic E-state index is 0.148. The van der Waals surface area contributed by atoms with Gasteiger partial charge < -0.3 is 14.9 Å². The number of hydrogen-bond acceptors (Lipinski definition) is 4. The fourth-order valence-electron chi connectivity index (χ4n) is 1.96. The number of carbonyl (C=O) groups is 3. The van der Waals surface area contributed by atoms with E-state index in [4.69, 9.17) is 5.11 Å². The van der Waals surface area contributed by atoms with Crippen LogP contribution < -0.4 is 4.90 Å². The van der Waals surface area contributed by atoms with Crippen molar-refractivity contribution in [3.8, 4) is 0 Å². The number of thioether (sulfide) groups is 1. The molecule has 0 spiro atoms. The third kappa shape index (κ3) is 3.18. The van der Waals surface area contributed by atoms with Crippen LogP contribution in [-0.4, -0.2) is 53.2 Å². The Labute approximate surface area is 126 Å². The Morgan fingerprint density at radius 2 is 2.10 bits per heavy atom. The van der Waals surface area contributed by atoms with E-state index in [0.717, 1.165) is 9.80 Å². The van der Waals surface area contributed by atoms with Crippen LogP contribution in [0.15, 0.2) is 29.2 Å². The molecule has 0 fully saturated rings. The highest BCUT2D eigenvalue weighted by Gasteiger charge is 2.29. The lowest BCUT2D eigenvalue weighted by molar-refractivity contribution is -0.147. The van der Waals surface area contributed by atoms with E-state index in [1.54, 1.807) is 12.1 Å². The molecule has 0 bridgehead atoms. The smallest absolute Gasteiger partial charge is 0.326 e. The maximum Gasteiger partial charge on any atom is 0.326 e. The Balaban J connectivity index is 2.17. The summed E-state index contributed by atoms with van der Waals surface area (Å²) in [4.78, 5) is 38.6. The molecule has 0 radical (unpaired) electrons. The average Bonchev–Trinajstić information content (AvgIpc) is 2.48. The van der Waals surface area contributed by atoms with Gasteiger partial charge in [-0.05, 0) is 19.1 Å². The lowest BCUT2D eigenvalue weighted by atomic mass is 10.2. The summed E-state index contributed by atoms with van der Waals surface area (Å²) in [7, 11) is 1.43. The zero-order chi connectivity index (χ0) is 15.6. The number of benzene rings is 1. The molecule has 1 unspecified atom stereocenters. The number of carboxylic acids is 1. The van der Waals surface area contributed by atoms with Crippen molar-refractivity contribution >= 4 is 35.2 Å². The highest BCUT2D eigenvalue weighted by molar-refractivity contribution is 8.00. The molecule has 0 aliphatic carbocycles. The van der Waals surface area contributed by atoms with Gasteiger partial charge in [0.25, 0.3) is 0 Å². The number of nitrogens with zero attached hydrogens (tertiary/aromatic N) is 2. The van der Waals surface area contributed by atoms with Gasteiger partial charge in [-0.15, -0.1) is 11.8 Å². The molecule has 0 saturated carbocycles. The number of rotatable bonds is 4. The standard InChI is InChI=1S/C14H16N2O4S/c1-9(14(19)20)15(2)12(17)7-16-10-5-3-4-6-11(10)21-8-13(16)18/h3-6,9H,7-8H2,1-2H3,(H,19,20). The number of hydrogen-bond donors (Lipinski definition) is 1. The summed E-state index contributed by atoms with van der Waals surface area (Å²) in [5.41, 5.74) is 0.698. The first kappa shape index (κ1) is 15.4. The van der Waals surface area contributed by atoms with E-state index in [-0.39, 0.29) is 18.2 Å². The molecule has 1 atom stereocenters. The van der Waals surface area contributed by atoms with Gasteiger partial charge in [-0.2, -0.15) is 0 Å². The summed E-state index contributed by atoms with van der Waals surface area (Å²) in [5.74, 6) is -1.35. The first-order chi connectivity index (χ1) is 9.91. The summed E-state index contributed by atoms with van der Waals surface area (Å²) in [6, 6.07) is 6.43. The first-order valence-electron chi connectivity index (χ1n) is 6.42. The predicted molar refractivity (Wildman–Crippen MR) is 79.4 cm³/mol. The van der Waals surface area contributed by atoms with Crippen molar-refractivity contribution in [1.29, 1.82) is 0 Å². The number of anilines is 1. The minimum Gasteiger partial charge on any atom is -0.480 e. The summed E-state index contributed by atoms with van der Waals surface area (Å²) < 4.78 is 0. The van der Waals surface area contributed by atoms with Crippen LogP contribution in [0.3, 0.4) is 0 Å². The summed E-state index contributed by atoms with van der Waals surface area (Å²) in [6.07, 6.45) is 0. The molecule has 1 aromatic rings. The Morgan fingerprint density at radius 1 is 1.43 bits per heavy atom. The van der Waals surface area contributed by atoms with Crippen molar-refractivity contribution < 1.29 is 19.5 Å². The molecule has 1 aliphatic heterocycles. The normalized spacial score (nSPS) is 15.3. The van der Waals surface area contributed by atoms with Crippen LogP contribution in [0.5, 0.6) is 0 Å². The Bertz CT molecular complexity index is 590. The van der Waals surface area contributed by atoms with Crippen LogP contribution in [0.2, 0.25) is 0 Å². The fourth-order valence-corrected chi connectivity index (χ4v) is 2.89. The molecule has 1 N–H and O–H groups in total. The van der Waals surface area contributed by atoms with Crippen molar-refractivity contribution in [2.45, 2.75) is 17.9 Å². The van der Waals surface area contributed by atoms with Crippen LogP contribution in [0.1, 0.15) is 6.92 Å². The average molecular weight is 308 g/mol. The van der Waals surface area contributed by atoms with E-state index in [1.807, 2.05) is 12.1 Å². The van der Waals surface area contributed by atoms with Crippen molar-refractivity contribution in [3.05, 3.63) is 24.3 Å². The van der Waals surface area contributed by atoms with Gasteiger partial charge in [0.15, 0.2) is 0 Å². The molecule has 2 amide bonds. The molecular formula is C14H16N2O4S. The molecule has 2 rings (SSSR count). The van der Waals surface area contributed by atoms with E-state index < -0.39 is 17.9 Å². The van der Waals surface area contributed by atoms with Crippen LogP contribution in [0.4, 0.5) is 5.69 Å². The highest BCUT2D eigenvalue weighted by Crippen LogP contribution is 2.34. The van der Waals surface area contributed by atoms with Crippen molar-refractivity contribution in [2.75, 3.05) is 24.2 Å². The number of para-hydroxylation sites is 1. The lowest BCUT2D eigenvalue weighted by Crippen LogP contribution is -2.48. The zero-order valence-corrected chi connectivity index (χ0v) is 12.6. The van der Waals surface area contributed by atoms with Gasteiger partial charge in [0.2, 0.25) is 11.8 Å². The topological polar surface area (TPSA) is 77.9 Å². The van der Waals surface area contributed by atoms with Gasteiger partial charge in [-0.3, -0.25) is 9.59 Å². The molecule has 112 valence electrons. The van der Waals surface area contributed by atoms with Crippen LogP contribution in [0, 0.1) is 0 Å². The van der Waals surface area contributed by atoms with Gasteiger partial charge in [0.1, 0.15) is 12.6 Å². The Morgan fingerprint density at radius 3 is 2.76 bits per heavy atom. The molecule has 21 heavy (non-hydrogen) atoms. The van der Waals surface area contributed by atoms with Crippen LogP contribution in [0.25, 0.3) is 0 Å². The number of likely N-dealkylation sites (N-methyl/N-ethyl adjacent to an activating group) is 1. The Hall–Kier alpha value is -2.02. The van der Waals surface area contributed by atoms with E-state index in [9.17, 15) is 14.4 Å². The number of carbonyl (C=O) groups excluding carboxylic acids is 2. The second kappa shape index (κ2) is 6.17. The molecule has 0 saturated heterocycles. The lowest BCUT2D eigenvalue weighted by Gasteiger charge is -2.30. The van der Waals surface area contributed by atoms with E-state index in [0.29, 0.717) is 5.69 Å². The molecule has 1 heterocycles. The predicted octanol–water partition coefficient (Wildman–Crippen LogP) is 1.06. The number of aliphatic carboxylic acids is 1. The van der Waals surface area contributed by atoms with Crippen LogP contribution >= 0.6 is 11.8 Å². The molecular weight excluding hydrogens is 292 g/mol. The van der Waals surface area contributed by atoms with Crippen molar-refractivity contribution in [2.24, 2.45) is 0 Å². The summed E-state index contributed by atoms with van der Waals surface area (Å²) in [5, 5.41) is 8.94. The van der Waals surface area contributed by atoms with Gasteiger partial charge in [0.05, 0.1) is 11.4 Å². The Kier molecular flexibility index (Phi) is 4.52. The monoisotopic (exact) mass is 308 g/mol. The van der Waals surface area contributed by atoms with E-state index in [2.05, 4.69) is 0 Å². The minimum atomic E-state index is -1.08. The SMILES string of the molecule is CC(C(=O)O)N(C)C(=O)CN1C(=O)CSc2ccccc21. The third-order valence-corrected chi connectivity index (χ3v) is 4.48. The number of carboxylic acid groups (broad SMARTS) is 1. The van der Waals surface area contributed by atoms with Crippen molar-refractivity contribution in [1.82, 2.24) is 4.90 Å². The van der Waals surface area contributed by atoms with Crippen LogP contribution in [-0.2, 0) is 14.4 Å². The fraction of sp³-hybridized carbons (Fsp3) is 0.357. The third-order valence-electron chi connectivity index (χ3n) is 3.43. The van der Waals surface area contributed by atoms with E-state index >= 15 is 0 Å². The summed E-state index contributed by atoms with van der Waals surface area (Å²) in [6.45, 7) is 1.28. The first-order valence-corrected chi connectivity index (χ1v) is 7.41. The maximum absolute atomic E-state index is 12.2. The van der Waals surface area contributed by atoms with Gasteiger partial charge >= 0.3 is 5.97 Å². The molecule has 1 aliphatic rings. The number of amides is 2. The second-order valence-electron chi connectivity index (χ2n) is 4.76. The van der Waals surface area contributed by atoms with Gasteiger partial charge in [-0.1, -0.05) is 12.1 Å². The second-order valence-corrected chi connectivity index (χ2v) is 5.77. The summed E-state index contributed by atoms with van der Waals surface area (Å²) >= 11 is 1.44. The maximum atomic E-state index is 12.2. The molecule has 6 nitrogen and oxygen atoms in total. The molecule has 0 aromatic heterocycles. The quantitative estimate of drug-likeness (QED) is 0.900.